The third-order valence-corrected chi connectivity index (χ3v) is 3.17. The summed E-state index contributed by atoms with van der Waals surface area (Å²) in [5.41, 5.74) is 0.406. The van der Waals surface area contributed by atoms with Gasteiger partial charge in [-0.05, 0) is 34.5 Å². The van der Waals surface area contributed by atoms with Crippen molar-refractivity contribution in [3.8, 4) is 11.3 Å². The van der Waals surface area contributed by atoms with Crippen LogP contribution in [0.4, 0.5) is 4.39 Å². The first kappa shape index (κ1) is 12.6. The quantitative estimate of drug-likeness (QED) is 0.780. The van der Waals surface area contributed by atoms with E-state index in [0.29, 0.717) is 34.0 Å². The van der Waals surface area contributed by atoms with Crippen LogP contribution in [-0.2, 0) is 6.42 Å². The number of aromatic nitrogens is 1. The summed E-state index contributed by atoms with van der Waals surface area (Å²) in [4.78, 5) is 4.09. The van der Waals surface area contributed by atoms with Gasteiger partial charge in [0, 0.05) is 12.3 Å². The van der Waals surface area contributed by atoms with E-state index in [0.717, 1.165) is 6.42 Å². The van der Waals surface area contributed by atoms with Gasteiger partial charge in [-0.2, -0.15) is 0 Å². The Morgan fingerprint density at radius 2 is 2.24 bits per heavy atom. The number of nitrogens with zero attached hydrogens (tertiary/aromatic N) is 1. The Balaban J connectivity index is 2.27. The molecule has 17 heavy (non-hydrogen) atoms. The van der Waals surface area contributed by atoms with Crippen LogP contribution in [0.5, 0.6) is 0 Å². The van der Waals surface area contributed by atoms with E-state index >= 15 is 0 Å². The minimum atomic E-state index is -0.340. The molecule has 2 aromatic rings. The van der Waals surface area contributed by atoms with Crippen molar-refractivity contribution < 1.29 is 8.81 Å². The molecule has 5 heteroatoms. The molecule has 1 aromatic carbocycles. The Bertz CT molecular complexity index is 515. The second kappa shape index (κ2) is 5.65. The van der Waals surface area contributed by atoms with Gasteiger partial charge in [-0.15, -0.1) is 11.6 Å². The van der Waals surface area contributed by atoms with Gasteiger partial charge in [0.2, 0.25) is 0 Å². The Hall–Kier alpha value is -0.870. The highest BCUT2D eigenvalue weighted by molar-refractivity contribution is 9.10. The fourth-order valence-electron chi connectivity index (χ4n) is 1.46. The second-order valence-electron chi connectivity index (χ2n) is 3.51. The van der Waals surface area contributed by atoms with Crippen LogP contribution < -0.4 is 0 Å². The highest BCUT2D eigenvalue weighted by Crippen LogP contribution is 2.28. The molecule has 0 fully saturated rings. The van der Waals surface area contributed by atoms with Crippen molar-refractivity contribution in [1.82, 2.24) is 4.98 Å². The molecule has 0 amide bonds. The summed E-state index contributed by atoms with van der Waals surface area (Å²) in [6, 6.07) is 5.05. The van der Waals surface area contributed by atoms with Crippen LogP contribution in [0.15, 0.2) is 33.3 Å². The lowest BCUT2D eigenvalue weighted by molar-refractivity contribution is 0.499. The SMILES string of the molecule is Fc1c(Br)cccc1-c1cnc(CCCCl)o1. The third kappa shape index (κ3) is 2.87. The molecule has 2 nitrogen and oxygen atoms in total. The van der Waals surface area contributed by atoms with E-state index in [1.165, 1.54) is 6.20 Å². The molecule has 0 aliphatic heterocycles. The molecule has 0 aliphatic rings. The average Bonchev–Trinajstić information content (AvgIpc) is 2.78. The number of benzene rings is 1. The number of rotatable bonds is 4. The fraction of sp³-hybridized carbons (Fsp3) is 0.250. The summed E-state index contributed by atoms with van der Waals surface area (Å²) >= 11 is 8.72. The first-order chi connectivity index (χ1) is 8.22. The summed E-state index contributed by atoms with van der Waals surface area (Å²) in [7, 11) is 0. The largest absolute Gasteiger partial charge is 0.441 e. The molecule has 0 spiro atoms. The summed E-state index contributed by atoms with van der Waals surface area (Å²) in [6.07, 6.45) is 3.00. The Labute approximate surface area is 112 Å². The van der Waals surface area contributed by atoms with Crippen LogP contribution in [0.1, 0.15) is 12.3 Å². The van der Waals surface area contributed by atoms with E-state index in [2.05, 4.69) is 20.9 Å². The molecular formula is C12H10BrClFNO. The molecular weight excluding hydrogens is 308 g/mol. The molecule has 0 N–H and O–H groups in total. The molecule has 0 radical (unpaired) electrons. The summed E-state index contributed by atoms with van der Waals surface area (Å²) in [5, 5.41) is 0. The first-order valence-corrected chi connectivity index (χ1v) is 6.50. The van der Waals surface area contributed by atoms with Crippen molar-refractivity contribution >= 4 is 27.5 Å². The van der Waals surface area contributed by atoms with E-state index < -0.39 is 0 Å². The summed E-state index contributed by atoms with van der Waals surface area (Å²) in [5.74, 6) is 1.24. The molecule has 0 saturated heterocycles. The average molecular weight is 319 g/mol. The molecule has 0 bridgehead atoms. The van der Waals surface area contributed by atoms with Crippen molar-refractivity contribution in [3.63, 3.8) is 0 Å². The zero-order valence-electron chi connectivity index (χ0n) is 8.92. The van der Waals surface area contributed by atoms with Crippen molar-refractivity contribution in [3.05, 3.63) is 40.6 Å². The molecule has 1 heterocycles. The predicted molar refractivity (Wildman–Crippen MR) is 68.6 cm³/mol. The van der Waals surface area contributed by atoms with Crippen LogP contribution in [0.2, 0.25) is 0 Å². The lowest BCUT2D eigenvalue weighted by Crippen LogP contribution is -1.85. The molecule has 0 saturated carbocycles. The van der Waals surface area contributed by atoms with E-state index in [4.69, 9.17) is 16.0 Å². The van der Waals surface area contributed by atoms with Crippen LogP contribution in [0.25, 0.3) is 11.3 Å². The fourth-order valence-corrected chi connectivity index (χ4v) is 1.96. The van der Waals surface area contributed by atoms with Gasteiger partial charge in [0.25, 0.3) is 0 Å². The maximum absolute atomic E-state index is 13.8. The van der Waals surface area contributed by atoms with Gasteiger partial charge in [-0.1, -0.05) is 6.07 Å². The van der Waals surface area contributed by atoms with Gasteiger partial charge in [-0.25, -0.2) is 9.37 Å². The number of hydrogen-bond donors (Lipinski definition) is 0. The molecule has 1 aromatic heterocycles. The smallest absolute Gasteiger partial charge is 0.194 e. The lowest BCUT2D eigenvalue weighted by atomic mass is 10.2. The lowest BCUT2D eigenvalue weighted by Gasteiger charge is -2.00. The van der Waals surface area contributed by atoms with Gasteiger partial charge in [0.15, 0.2) is 11.7 Å². The minimum Gasteiger partial charge on any atom is -0.441 e. The van der Waals surface area contributed by atoms with Gasteiger partial charge >= 0.3 is 0 Å². The summed E-state index contributed by atoms with van der Waals surface area (Å²) < 4.78 is 19.7. The molecule has 0 atom stereocenters. The molecule has 0 aliphatic carbocycles. The van der Waals surface area contributed by atoms with Crippen molar-refractivity contribution in [2.75, 3.05) is 5.88 Å². The number of oxazole rings is 1. The minimum absolute atomic E-state index is 0.340. The Morgan fingerprint density at radius 1 is 1.41 bits per heavy atom. The monoisotopic (exact) mass is 317 g/mol. The van der Waals surface area contributed by atoms with Crippen molar-refractivity contribution in [2.45, 2.75) is 12.8 Å². The Morgan fingerprint density at radius 3 is 3.00 bits per heavy atom. The standard InChI is InChI=1S/C12H10BrClFNO/c13-9-4-1-3-8(12(9)15)10-7-16-11(17-10)5-2-6-14/h1,3-4,7H,2,5-6H2. The number of hydrogen-bond acceptors (Lipinski definition) is 2. The predicted octanol–water partition coefficient (Wildman–Crippen LogP) is 4.41. The van der Waals surface area contributed by atoms with Gasteiger partial charge < -0.3 is 4.42 Å². The third-order valence-electron chi connectivity index (χ3n) is 2.29. The van der Waals surface area contributed by atoms with E-state index in [1.807, 2.05) is 0 Å². The van der Waals surface area contributed by atoms with Gasteiger partial charge in [0.05, 0.1) is 16.2 Å². The number of alkyl halides is 1. The second-order valence-corrected chi connectivity index (χ2v) is 4.74. The van der Waals surface area contributed by atoms with Crippen LogP contribution in [0.3, 0.4) is 0 Å². The van der Waals surface area contributed by atoms with Crippen molar-refractivity contribution in [2.24, 2.45) is 0 Å². The molecule has 0 unspecified atom stereocenters. The van der Waals surface area contributed by atoms with E-state index in [9.17, 15) is 4.39 Å². The van der Waals surface area contributed by atoms with Gasteiger partial charge in [-0.3, -0.25) is 0 Å². The van der Waals surface area contributed by atoms with Crippen LogP contribution in [-0.4, -0.2) is 10.9 Å². The first-order valence-electron chi connectivity index (χ1n) is 5.17. The number of aryl methyl sites for hydroxylation is 1. The van der Waals surface area contributed by atoms with E-state index in [-0.39, 0.29) is 5.82 Å². The van der Waals surface area contributed by atoms with Crippen LogP contribution in [0, 0.1) is 5.82 Å². The van der Waals surface area contributed by atoms with Gasteiger partial charge in [0.1, 0.15) is 5.82 Å². The van der Waals surface area contributed by atoms with E-state index in [1.54, 1.807) is 18.2 Å². The number of halogens is 3. The maximum Gasteiger partial charge on any atom is 0.194 e. The zero-order chi connectivity index (χ0) is 12.3. The molecule has 2 rings (SSSR count). The maximum atomic E-state index is 13.8. The molecule has 90 valence electrons. The summed E-state index contributed by atoms with van der Waals surface area (Å²) in [6.45, 7) is 0. The highest BCUT2D eigenvalue weighted by Gasteiger charge is 2.12. The van der Waals surface area contributed by atoms with Crippen molar-refractivity contribution in [1.29, 1.82) is 0 Å². The zero-order valence-corrected chi connectivity index (χ0v) is 11.3. The topological polar surface area (TPSA) is 26.0 Å². The Kier molecular flexibility index (Phi) is 4.18. The normalized spacial score (nSPS) is 10.8. The highest BCUT2D eigenvalue weighted by atomic mass is 79.9. The van der Waals surface area contributed by atoms with Crippen LogP contribution >= 0.6 is 27.5 Å².